The van der Waals surface area contributed by atoms with Gasteiger partial charge in [0.05, 0.1) is 19.6 Å². The van der Waals surface area contributed by atoms with E-state index in [1.807, 2.05) is 0 Å². The largest absolute Gasteiger partial charge is 0.391 e. The topological polar surface area (TPSA) is 30.5 Å². The molecule has 0 bridgehead atoms. The fourth-order valence-corrected chi connectivity index (χ4v) is 1.04. The lowest BCUT2D eigenvalue weighted by Crippen LogP contribution is -2.20. The van der Waals surface area contributed by atoms with Crippen LogP contribution < -0.4 is 5.32 Å². The average Bonchev–Trinajstić information content (AvgIpc) is 2.19. The van der Waals surface area contributed by atoms with Crippen LogP contribution in [-0.2, 0) is 9.47 Å². The number of ether oxygens (including phenoxy) is 2. The molecule has 0 aromatic rings. The number of unbranched alkanes of at least 4 members (excludes halogenated alkanes) is 1. The Morgan fingerprint density at radius 1 is 1.00 bits per heavy atom. The average molecular weight is 243 g/mol. The maximum Gasteiger partial charge on any atom is 0.391 e. The monoisotopic (exact) mass is 243 g/mol. The number of halogens is 3. The van der Waals surface area contributed by atoms with Crippen LogP contribution in [0.2, 0.25) is 0 Å². The third-order valence-electron chi connectivity index (χ3n) is 1.91. The van der Waals surface area contributed by atoms with Gasteiger partial charge in [0.2, 0.25) is 0 Å². The van der Waals surface area contributed by atoms with Gasteiger partial charge in [-0.15, -0.1) is 0 Å². The minimum absolute atomic E-state index is 0.236. The molecule has 0 atom stereocenters. The van der Waals surface area contributed by atoms with Crippen molar-refractivity contribution in [1.29, 1.82) is 0 Å². The summed E-state index contributed by atoms with van der Waals surface area (Å²) in [6.07, 6.45) is -3.30. The van der Waals surface area contributed by atoms with Crippen LogP contribution in [0.25, 0.3) is 0 Å². The Morgan fingerprint density at radius 2 is 1.75 bits per heavy atom. The van der Waals surface area contributed by atoms with Crippen molar-refractivity contribution >= 4 is 0 Å². The number of methoxy groups -OCH3 is 1. The summed E-state index contributed by atoms with van der Waals surface area (Å²) < 4.78 is 44.8. The Balaban J connectivity index is 2.99. The number of alkyl halides is 3. The zero-order chi connectivity index (χ0) is 12.3. The first-order valence-electron chi connectivity index (χ1n) is 5.40. The molecule has 98 valence electrons. The van der Waals surface area contributed by atoms with E-state index in [1.165, 1.54) is 0 Å². The molecule has 0 saturated carbocycles. The molecule has 0 radical (unpaired) electrons. The molecule has 0 amide bonds. The fraction of sp³-hybridized carbons (Fsp3) is 1.00. The highest BCUT2D eigenvalue weighted by atomic mass is 19.4. The summed E-state index contributed by atoms with van der Waals surface area (Å²) in [5, 5.41) is 3.14. The molecule has 0 fully saturated rings. The first-order chi connectivity index (χ1) is 7.56. The van der Waals surface area contributed by atoms with E-state index in [0.717, 1.165) is 25.9 Å². The summed E-state index contributed by atoms with van der Waals surface area (Å²) in [6.45, 7) is 2.46. The van der Waals surface area contributed by atoms with E-state index in [2.05, 4.69) is 5.32 Å². The van der Waals surface area contributed by atoms with E-state index in [0.29, 0.717) is 13.2 Å². The molecule has 0 aliphatic rings. The van der Waals surface area contributed by atoms with Crippen molar-refractivity contribution in [2.75, 3.05) is 40.0 Å². The minimum Gasteiger partial charge on any atom is -0.383 e. The highest BCUT2D eigenvalue weighted by molar-refractivity contribution is 4.50. The second-order valence-electron chi connectivity index (χ2n) is 3.43. The van der Waals surface area contributed by atoms with Crippen molar-refractivity contribution in [2.24, 2.45) is 0 Å². The predicted molar refractivity (Wildman–Crippen MR) is 55.5 cm³/mol. The predicted octanol–water partition coefficient (Wildman–Crippen LogP) is 1.97. The van der Waals surface area contributed by atoms with Crippen molar-refractivity contribution in [3.05, 3.63) is 0 Å². The van der Waals surface area contributed by atoms with Crippen LogP contribution in [0.1, 0.15) is 19.3 Å². The molecular formula is C10H20F3NO2. The van der Waals surface area contributed by atoms with Crippen molar-refractivity contribution in [1.82, 2.24) is 5.32 Å². The van der Waals surface area contributed by atoms with Crippen LogP contribution in [0.3, 0.4) is 0 Å². The molecule has 0 spiro atoms. The van der Waals surface area contributed by atoms with Gasteiger partial charge in [0.25, 0.3) is 0 Å². The first-order valence-corrected chi connectivity index (χ1v) is 5.40. The van der Waals surface area contributed by atoms with E-state index >= 15 is 0 Å². The Hall–Kier alpha value is -0.330. The van der Waals surface area contributed by atoms with Crippen molar-refractivity contribution < 1.29 is 22.6 Å². The molecule has 6 heteroatoms. The van der Waals surface area contributed by atoms with Crippen LogP contribution in [0, 0.1) is 0 Å². The molecule has 0 saturated heterocycles. The van der Waals surface area contributed by atoms with Crippen LogP contribution in [0.15, 0.2) is 0 Å². The van der Waals surface area contributed by atoms with Gasteiger partial charge in [-0.05, 0) is 19.4 Å². The van der Waals surface area contributed by atoms with Crippen LogP contribution in [-0.4, -0.2) is 46.2 Å². The molecule has 0 heterocycles. The van der Waals surface area contributed by atoms with Crippen LogP contribution in [0.4, 0.5) is 13.2 Å². The van der Waals surface area contributed by atoms with E-state index < -0.39 is 12.6 Å². The quantitative estimate of drug-likeness (QED) is 0.595. The molecular weight excluding hydrogens is 223 g/mol. The molecule has 0 aliphatic carbocycles. The Bertz CT molecular complexity index is 153. The van der Waals surface area contributed by atoms with Gasteiger partial charge in [0.1, 0.15) is 0 Å². The fourth-order valence-electron chi connectivity index (χ4n) is 1.04. The van der Waals surface area contributed by atoms with E-state index in [1.54, 1.807) is 7.11 Å². The SMILES string of the molecule is COCCNCCCCOCCC(F)(F)F. The second-order valence-corrected chi connectivity index (χ2v) is 3.43. The molecule has 0 unspecified atom stereocenters. The molecule has 1 N–H and O–H groups in total. The van der Waals surface area contributed by atoms with Gasteiger partial charge < -0.3 is 14.8 Å². The molecule has 16 heavy (non-hydrogen) atoms. The van der Waals surface area contributed by atoms with Gasteiger partial charge in [-0.25, -0.2) is 0 Å². The summed E-state index contributed by atoms with van der Waals surface area (Å²) in [7, 11) is 1.64. The molecule has 0 aromatic heterocycles. The van der Waals surface area contributed by atoms with Gasteiger partial charge in [-0.2, -0.15) is 13.2 Å². The van der Waals surface area contributed by atoms with Gasteiger partial charge in [0, 0.05) is 20.3 Å². The smallest absolute Gasteiger partial charge is 0.383 e. The highest BCUT2D eigenvalue weighted by Gasteiger charge is 2.26. The lowest BCUT2D eigenvalue weighted by Gasteiger charge is -2.07. The first kappa shape index (κ1) is 15.7. The summed E-state index contributed by atoms with van der Waals surface area (Å²) in [6, 6.07) is 0. The normalized spacial score (nSPS) is 12.0. The number of hydrogen-bond donors (Lipinski definition) is 1. The van der Waals surface area contributed by atoms with Gasteiger partial charge in [-0.3, -0.25) is 0 Å². The highest BCUT2D eigenvalue weighted by Crippen LogP contribution is 2.18. The zero-order valence-electron chi connectivity index (χ0n) is 9.61. The van der Waals surface area contributed by atoms with E-state index in [4.69, 9.17) is 9.47 Å². The standard InChI is InChI=1S/C10H20F3NO2/c1-15-9-6-14-5-2-3-7-16-8-4-10(11,12)13/h14H,2-9H2,1H3. The number of rotatable bonds is 10. The Kier molecular flexibility index (Phi) is 9.66. The van der Waals surface area contributed by atoms with Gasteiger partial charge in [-0.1, -0.05) is 0 Å². The maximum absolute atomic E-state index is 11.7. The second kappa shape index (κ2) is 9.86. The molecule has 0 rings (SSSR count). The number of nitrogens with one attached hydrogen (secondary N) is 1. The Labute approximate surface area is 94.3 Å². The van der Waals surface area contributed by atoms with Crippen molar-refractivity contribution in [3.63, 3.8) is 0 Å². The summed E-state index contributed by atoms with van der Waals surface area (Å²) in [5.74, 6) is 0. The minimum atomic E-state index is -4.11. The third kappa shape index (κ3) is 13.7. The summed E-state index contributed by atoms with van der Waals surface area (Å²) in [4.78, 5) is 0. The molecule has 0 aromatic carbocycles. The van der Waals surface area contributed by atoms with Crippen molar-refractivity contribution in [2.45, 2.75) is 25.4 Å². The summed E-state index contributed by atoms with van der Waals surface area (Å²) in [5.41, 5.74) is 0. The number of hydrogen-bond acceptors (Lipinski definition) is 3. The van der Waals surface area contributed by atoms with Gasteiger partial charge in [0.15, 0.2) is 0 Å². The molecule has 0 aliphatic heterocycles. The van der Waals surface area contributed by atoms with Gasteiger partial charge >= 0.3 is 6.18 Å². The lowest BCUT2D eigenvalue weighted by atomic mass is 10.3. The molecule has 3 nitrogen and oxygen atoms in total. The van der Waals surface area contributed by atoms with Crippen molar-refractivity contribution in [3.8, 4) is 0 Å². The third-order valence-corrected chi connectivity index (χ3v) is 1.91. The Morgan fingerprint density at radius 3 is 2.38 bits per heavy atom. The summed E-state index contributed by atoms with van der Waals surface area (Å²) >= 11 is 0. The van der Waals surface area contributed by atoms with E-state index in [9.17, 15) is 13.2 Å². The van der Waals surface area contributed by atoms with E-state index in [-0.39, 0.29) is 6.61 Å². The lowest BCUT2D eigenvalue weighted by molar-refractivity contribution is -0.145. The van der Waals surface area contributed by atoms with Crippen LogP contribution in [0.5, 0.6) is 0 Å². The van der Waals surface area contributed by atoms with Crippen LogP contribution >= 0.6 is 0 Å². The maximum atomic E-state index is 11.7. The zero-order valence-corrected chi connectivity index (χ0v) is 9.61.